The van der Waals surface area contributed by atoms with Gasteiger partial charge in [0, 0.05) is 30.5 Å². The summed E-state index contributed by atoms with van der Waals surface area (Å²) in [6.45, 7) is 2.58. The highest BCUT2D eigenvalue weighted by Crippen LogP contribution is 2.33. The van der Waals surface area contributed by atoms with Gasteiger partial charge in [-0.1, -0.05) is 24.6 Å². The smallest absolute Gasteiger partial charge is 0.244 e. The molecule has 140 valence electrons. The number of aryl methyl sites for hydroxylation is 2. The highest BCUT2D eigenvalue weighted by Gasteiger charge is 2.23. The van der Waals surface area contributed by atoms with E-state index in [1.807, 2.05) is 12.3 Å². The van der Waals surface area contributed by atoms with E-state index in [9.17, 15) is 4.79 Å². The molecular weight excluding hydrogens is 366 g/mol. The first kappa shape index (κ1) is 19.1. The van der Waals surface area contributed by atoms with E-state index in [4.69, 9.17) is 0 Å². The van der Waals surface area contributed by atoms with Crippen LogP contribution in [-0.2, 0) is 11.2 Å². The molecule has 2 aromatic rings. The van der Waals surface area contributed by atoms with Crippen LogP contribution in [0.4, 0.5) is 0 Å². The van der Waals surface area contributed by atoms with Gasteiger partial charge in [0.25, 0.3) is 0 Å². The fourth-order valence-electron chi connectivity index (χ4n) is 3.28. The third-order valence-electron chi connectivity index (χ3n) is 4.53. The largest absolute Gasteiger partial charge is 0.353 e. The molecular formula is C18H25N5OS2. The quantitative estimate of drug-likeness (QED) is 0.422. The maximum absolute atomic E-state index is 11.9. The second kappa shape index (κ2) is 9.32. The molecule has 1 aliphatic rings. The molecule has 2 heterocycles. The van der Waals surface area contributed by atoms with Gasteiger partial charge in [-0.25, -0.2) is 4.98 Å². The van der Waals surface area contributed by atoms with E-state index < -0.39 is 0 Å². The van der Waals surface area contributed by atoms with E-state index in [1.165, 1.54) is 25.7 Å². The summed E-state index contributed by atoms with van der Waals surface area (Å²) in [4.78, 5) is 16.2. The van der Waals surface area contributed by atoms with Crippen LogP contribution in [-0.4, -0.2) is 38.5 Å². The van der Waals surface area contributed by atoms with Crippen LogP contribution < -0.4 is 5.32 Å². The highest BCUT2D eigenvalue weighted by molar-refractivity contribution is 7.98. The van der Waals surface area contributed by atoms with Crippen molar-refractivity contribution in [3.05, 3.63) is 28.0 Å². The lowest BCUT2D eigenvalue weighted by atomic mass is 10.2. The lowest BCUT2D eigenvalue weighted by molar-refractivity contribution is -0.116. The maximum atomic E-state index is 11.9. The summed E-state index contributed by atoms with van der Waals surface area (Å²) in [5.41, 5.74) is 0.830. The molecule has 3 rings (SSSR count). The van der Waals surface area contributed by atoms with Crippen LogP contribution >= 0.6 is 23.1 Å². The summed E-state index contributed by atoms with van der Waals surface area (Å²) < 4.78 is 2.32. The number of carbonyl (C=O) groups is 1. The molecule has 0 aromatic carbocycles. The van der Waals surface area contributed by atoms with Crippen LogP contribution in [0.1, 0.15) is 54.7 Å². The number of nitrogens with zero attached hydrogens (tertiary/aromatic N) is 4. The molecule has 8 heteroatoms. The van der Waals surface area contributed by atoms with Crippen molar-refractivity contribution < 1.29 is 4.79 Å². The number of amides is 1. The molecule has 0 unspecified atom stereocenters. The average molecular weight is 392 g/mol. The summed E-state index contributed by atoms with van der Waals surface area (Å²) >= 11 is 3.24. The number of hydrogen-bond acceptors (Lipinski definition) is 6. The summed E-state index contributed by atoms with van der Waals surface area (Å²) in [6, 6.07) is 0.543. The molecule has 6 nitrogen and oxygen atoms in total. The molecule has 0 saturated heterocycles. The number of thiazole rings is 1. The molecule has 0 radical (unpaired) electrons. The lowest BCUT2D eigenvalue weighted by Crippen LogP contribution is -2.23. The third-order valence-corrected chi connectivity index (χ3v) is 5.96. The number of nitrogens with one attached hydrogen (secondary N) is 1. The van der Waals surface area contributed by atoms with Crippen molar-refractivity contribution in [2.45, 2.75) is 56.6 Å². The van der Waals surface area contributed by atoms with Crippen molar-refractivity contribution in [3.8, 4) is 0 Å². The number of hydrogen-bond donors (Lipinski definition) is 1. The monoisotopic (exact) mass is 391 g/mol. The zero-order valence-electron chi connectivity index (χ0n) is 15.3. The van der Waals surface area contributed by atoms with Gasteiger partial charge in [-0.3, -0.25) is 4.79 Å². The molecule has 1 fully saturated rings. The Morgan fingerprint density at radius 1 is 1.42 bits per heavy atom. The zero-order chi connectivity index (χ0) is 18.4. The normalized spacial score (nSPS) is 15.2. The van der Waals surface area contributed by atoms with Crippen molar-refractivity contribution in [2.75, 3.05) is 12.8 Å². The Balaban J connectivity index is 1.47. The van der Waals surface area contributed by atoms with Crippen LogP contribution in [0.25, 0.3) is 6.08 Å². The SMILES string of the molecule is CSc1nnc(CCCNC(=O)/C=C/c2csc(C)n2)n1C1CCCC1. The molecule has 0 atom stereocenters. The lowest BCUT2D eigenvalue weighted by Gasteiger charge is -2.16. The van der Waals surface area contributed by atoms with Gasteiger partial charge in [0.05, 0.1) is 10.7 Å². The number of aromatic nitrogens is 4. The van der Waals surface area contributed by atoms with E-state index in [0.29, 0.717) is 12.6 Å². The first-order valence-corrected chi connectivity index (χ1v) is 11.1. The molecule has 26 heavy (non-hydrogen) atoms. The molecule has 1 amide bonds. The van der Waals surface area contributed by atoms with Gasteiger partial charge in [0.2, 0.25) is 5.91 Å². The van der Waals surface area contributed by atoms with E-state index in [-0.39, 0.29) is 5.91 Å². The minimum Gasteiger partial charge on any atom is -0.353 e. The van der Waals surface area contributed by atoms with Crippen LogP contribution in [0, 0.1) is 6.92 Å². The average Bonchev–Trinajstić information content (AvgIpc) is 3.37. The van der Waals surface area contributed by atoms with Crippen molar-refractivity contribution in [1.29, 1.82) is 0 Å². The fourth-order valence-corrected chi connectivity index (χ4v) is 4.44. The third kappa shape index (κ3) is 4.94. The molecule has 1 aliphatic carbocycles. The van der Waals surface area contributed by atoms with Crippen molar-refractivity contribution in [1.82, 2.24) is 25.1 Å². The molecule has 0 bridgehead atoms. The summed E-state index contributed by atoms with van der Waals surface area (Å²) in [5, 5.41) is 15.6. The van der Waals surface area contributed by atoms with E-state index in [2.05, 4.69) is 31.3 Å². The minimum absolute atomic E-state index is 0.0854. The van der Waals surface area contributed by atoms with Gasteiger partial charge in [-0.15, -0.1) is 21.5 Å². The van der Waals surface area contributed by atoms with Gasteiger partial charge in [0.1, 0.15) is 5.82 Å². The summed E-state index contributed by atoms with van der Waals surface area (Å²) in [7, 11) is 0. The Morgan fingerprint density at radius 2 is 2.23 bits per heavy atom. The predicted octanol–water partition coefficient (Wildman–Crippen LogP) is 3.64. The summed E-state index contributed by atoms with van der Waals surface area (Å²) in [6.07, 6.45) is 12.0. The van der Waals surface area contributed by atoms with Crippen LogP contribution in [0.15, 0.2) is 16.6 Å². The molecule has 1 saturated carbocycles. The first-order valence-electron chi connectivity index (χ1n) is 9.03. The van der Waals surface area contributed by atoms with Gasteiger partial charge in [0.15, 0.2) is 5.16 Å². The van der Waals surface area contributed by atoms with Gasteiger partial charge in [-0.2, -0.15) is 0 Å². The van der Waals surface area contributed by atoms with Crippen LogP contribution in [0.3, 0.4) is 0 Å². The second-order valence-electron chi connectivity index (χ2n) is 6.43. The highest BCUT2D eigenvalue weighted by atomic mass is 32.2. The predicted molar refractivity (Wildman–Crippen MR) is 107 cm³/mol. The van der Waals surface area contributed by atoms with Crippen molar-refractivity contribution in [3.63, 3.8) is 0 Å². The maximum Gasteiger partial charge on any atom is 0.244 e. The standard InChI is InChI=1S/C18H25N5OS2/c1-13-20-14(12-26-13)9-10-17(24)19-11-5-8-16-21-22-18(25-2)23(16)15-6-3-4-7-15/h9-10,12,15H,3-8,11H2,1-2H3,(H,19,24)/b10-9+. The first-order chi connectivity index (χ1) is 12.7. The van der Waals surface area contributed by atoms with Gasteiger partial charge < -0.3 is 9.88 Å². The Labute approximate surface area is 162 Å². The molecule has 0 spiro atoms. The Hall–Kier alpha value is -1.67. The number of carbonyl (C=O) groups excluding carboxylic acids is 1. The van der Waals surface area contributed by atoms with E-state index in [1.54, 1.807) is 35.3 Å². The van der Waals surface area contributed by atoms with Gasteiger partial charge >= 0.3 is 0 Å². The molecule has 0 aliphatic heterocycles. The second-order valence-corrected chi connectivity index (χ2v) is 8.27. The fraction of sp³-hybridized carbons (Fsp3) is 0.556. The Bertz CT molecular complexity index is 761. The molecule has 2 aromatic heterocycles. The Kier molecular flexibility index (Phi) is 6.85. The van der Waals surface area contributed by atoms with Crippen LogP contribution in [0.5, 0.6) is 0 Å². The Morgan fingerprint density at radius 3 is 2.92 bits per heavy atom. The van der Waals surface area contributed by atoms with Crippen LogP contribution in [0.2, 0.25) is 0 Å². The van der Waals surface area contributed by atoms with E-state index in [0.717, 1.165) is 34.5 Å². The summed E-state index contributed by atoms with van der Waals surface area (Å²) in [5.74, 6) is 0.960. The van der Waals surface area contributed by atoms with Crippen molar-refractivity contribution >= 4 is 35.1 Å². The molecule has 1 N–H and O–H groups in total. The topological polar surface area (TPSA) is 72.7 Å². The van der Waals surface area contributed by atoms with E-state index >= 15 is 0 Å². The van der Waals surface area contributed by atoms with Gasteiger partial charge in [-0.05, 0) is 38.5 Å². The van der Waals surface area contributed by atoms with Crippen molar-refractivity contribution in [2.24, 2.45) is 0 Å². The zero-order valence-corrected chi connectivity index (χ0v) is 16.9. The number of thioether (sulfide) groups is 1. The number of rotatable bonds is 8. The minimum atomic E-state index is -0.0854.